The Morgan fingerprint density at radius 2 is 2.18 bits per heavy atom. The van der Waals surface area contributed by atoms with Gasteiger partial charge in [0.25, 0.3) is 0 Å². The molecule has 0 unspecified atom stereocenters. The Labute approximate surface area is 103 Å². The summed E-state index contributed by atoms with van der Waals surface area (Å²) < 4.78 is 10.6. The van der Waals surface area contributed by atoms with Crippen LogP contribution in [-0.2, 0) is 9.47 Å². The number of carbonyl (C=O) groups excluding carboxylic acids is 1. The van der Waals surface area contributed by atoms with Crippen molar-refractivity contribution in [3.05, 3.63) is 0 Å². The molecule has 2 atom stereocenters. The summed E-state index contributed by atoms with van der Waals surface area (Å²) in [5.74, 6) is 0.722. The molecular weight excluding hydrogens is 220 g/mol. The highest BCUT2D eigenvalue weighted by atomic mass is 16.6. The first-order chi connectivity index (χ1) is 7.92. The molecule has 0 aliphatic carbocycles. The molecule has 0 aromatic rings. The molecule has 17 heavy (non-hydrogen) atoms. The van der Waals surface area contributed by atoms with Crippen LogP contribution in [0.1, 0.15) is 27.2 Å². The zero-order valence-corrected chi connectivity index (χ0v) is 11.0. The van der Waals surface area contributed by atoms with Crippen LogP contribution >= 0.6 is 0 Å². The van der Waals surface area contributed by atoms with Gasteiger partial charge in [-0.2, -0.15) is 0 Å². The van der Waals surface area contributed by atoms with Gasteiger partial charge in [-0.3, -0.25) is 0 Å². The van der Waals surface area contributed by atoms with Gasteiger partial charge in [0.15, 0.2) is 0 Å². The van der Waals surface area contributed by atoms with Crippen molar-refractivity contribution in [1.29, 1.82) is 0 Å². The molecule has 0 saturated carbocycles. The maximum atomic E-state index is 11.5. The van der Waals surface area contributed by atoms with Gasteiger partial charge in [0.1, 0.15) is 5.60 Å². The van der Waals surface area contributed by atoms with Crippen LogP contribution in [0.3, 0.4) is 0 Å². The van der Waals surface area contributed by atoms with Crippen LogP contribution < -0.4 is 11.1 Å². The largest absolute Gasteiger partial charge is 0.444 e. The Kier molecular flexibility index (Phi) is 5.21. The van der Waals surface area contributed by atoms with Gasteiger partial charge in [-0.1, -0.05) is 0 Å². The summed E-state index contributed by atoms with van der Waals surface area (Å²) in [7, 11) is 0. The number of amides is 1. The number of nitrogens with one attached hydrogen (secondary N) is 1. The Bertz CT molecular complexity index is 251. The molecule has 3 N–H and O–H groups in total. The van der Waals surface area contributed by atoms with Gasteiger partial charge in [0, 0.05) is 13.2 Å². The molecular formula is C12H24N2O3. The average Bonchev–Trinajstić information content (AvgIpc) is 2.24. The molecule has 0 radical (unpaired) electrons. The third-order valence-corrected chi connectivity index (χ3v) is 2.84. The molecule has 0 bridgehead atoms. The molecule has 5 heteroatoms. The van der Waals surface area contributed by atoms with E-state index in [1.165, 1.54) is 0 Å². The Balaban J connectivity index is 2.31. The molecule has 1 amide bonds. The molecule has 100 valence electrons. The molecule has 1 rings (SSSR count). The van der Waals surface area contributed by atoms with Crippen molar-refractivity contribution in [1.82, 2.24) is 5.32 Å². The maximum absolute atomic E-state index is 11.5. The molecule has 1 aliphatic heterocycles. The zero-order valence-electron chi connectivity index (χ0n) is 11.0. The highest BCUT2D eigenvalue weighted by Gasteiger charge is 2.25. The Hall–Kier alpha value is -0.810. The number of hydrogen-bond acceptors (Lipinski definition) is 4. The molecule has 1 heterocycles. The third kappa shape index (κ3) is 5.37. The number of carbonyl (C=O) groups is 1. The summed E-state index contributed by atoms with van der Waals surface area (Å²) in [6.07, 6.45) is 0.581. The van der Waals surface area contributed by atoms with Crippen LogP contribution in [0.4, 0.5) is 4.79 Å². The van der Waals surface area contributed by atoms with E-state index in [1.807, 2.05) is 20.8 Å². The maximum Gasteiger partial charge on any atom is 0.407 e. The van der Waals surface area contributed by atoms with Gasteiger partial charge in [-0.25, -0.2) is 4.79 Å². The van der Waals surface area contributed by atoms with E-state index in [2.05, 4.69) is 5.32 Å². The summed E-state index contributed by atoms with van der Waals surface area (Å²) in [6.45, 7) is 8.20. The average molecular weight is 244 g/mol. The second-order valence-electron chi connectivity index (χ2n) is 5.50. The number of hydrogen-bond donors (Lipinski definition) is 2. The van der Waals surface area contributed by atoms with Crippen LogP contribution in [0.5, 0.6) is 0 Å². The topological polar surface area (TPSA) is 73.6 Å². The van der Waals surface area contributed by atoms with Gasteiger partial charge in [0.05, 0.1) is 6.61 Å². The van der Waals surface area contributed by atoms with Crippen molar-refractivity contribution in [2.45, 2.75) is 32.8 Å². The van der Waals surface area contributed by atoms with E-state index in [1.54, 1.807) is 0 Å². The predicted molar refractivity (Wildman–Crippen MR) is 65.7 cm³/mol. The number of alkyl carbamates (subject to hydrolysis) is 1. The number of ether oxygens (including phenoxy) is 2. The van der Waals surface area contributed by atoms with E-state index in [0.29, 0.717) is 31.5 Å². The van der Waals surface area contributed by atoms with Crippen molar-refractivity contribution in [2.75, 3.05) is 26.3 Å². The van der Waals surface area contributed by atoms with Crippen molar-refractivity contribution in [2.24, 2.45) is 17.6 Å². The molecule has 1 aliphatic rings. The van der Waals surface area contributed by atoms with Gasteiger partial charge in [-0.15, -0.1) is 0 Å². The predicted octanol–water partition coefficient (Wildman–Crippen LogP) is 1.12. The number of nitrogens with two attached hydrogens (primary N) is 1. The minimum absolute atomic E-state index is 0.332. The highest BCUT2D eigenvalue weighted by Crippen LogP contribution is 2.20. The lowest BCUT2D eigenvalue weighted by Crippen LogP contribution is -2.42. The minimum Gasteiger partial charge on any atom is -0.444 e. The lowest BCUT2D eigenvalue weighted by atomic mass is 9.88. The fraction of sp³-hybridized carbons (Fsp3) is 0.917. The first-order valence-electron chi connectivity index (χ1n) is 6.17. The highest BCUT2D eigenvalue weighted by molar-refractivity contribution is 5.67. The summed E-state index contributed by atoms with van der Waals surface area (Å²) in [5.41, 5.74) is 5.23. The SMILES string of the molecule is CC(C)(C)OC(=O)NC[C@@H]1CCOC[C@@H]1CN. The van der Waals surface area contributed by atoms with Gasteiger partial charge in [0.2, 0.25) is 0 Å². The van der Waals surface area contributed by atoms with E-state index in [0.717, 1.165) is 13.0 Å². The van der Waals surface area contributed by atoms with E-state index in [9.17, 15) is 4.79 Å². The summed E-state index contributed by atoms with van der Waals surface area (Å²) in [5, 5.41) is 2.80. The molecule has 5 nitrogen and oxygen atoms in total. The van der Waals surface area contributed by atoms with E-state index in [4.69, 9.17) is 15.2 Å². The van der Waals surface area contributed by atoms with Crippen molar-refractivity contribution in [3.8, 4) is 0 Å². The summed E-state index contributed by atoms with van der Waals surface area (Å²) in [6, 6.07) is 0. The van der Waals surface area contributed by atoms with Crippen LogP contribution in [0.2, 0.25) is 0 Å². The molecule has 1 fully saturated rings. The fourth-order valence-corrected chi connectivity index (χ4v) is 1.90. The second-order valence-corrected chi connectivity index (χ2v) is 5.50. The van der Waals surface area contributed by atoms with Crippen molar-refractivity contribution in [3.63, 3.8) is 0 Å². The third-order valence-electron chi connectivity index (χ3n) is 2.84. The van der Waals surface area contributed by atoms with Crippen LogP contribution in [0.25, 0.3) is 0 Å². The van der Waals surface area contributed by atoms with Crippen molar-refractivity contribution >= 4 is 6.09 Å². The molecule has 1 saturated heterocycles. The van der Waals surface area contributed by atoms with Crippen LogP contribution in [0.15, 0.2) is 0 Å². The van der Waals surface area contributed by atoms with Gasteiger partial charge >= 0.3 is 6.09 Å². The minimum atomic E-state index is -0.451. The first kappa shape index (κ1) is 14.3. The Morgan fingerprint density at radius 1 is 1.47 bits per heavy atom. The van der Waals surface area contributed by atoms with Crippen LogP contribution in [-0.4, -0.2) is 38.0 Å². The van der Waals surface area contributed by atoms with Crippen LogP contribution in [0, 0.1) is 11.8 Å². The Morgan fingerprint density at radius 3 is 2.76 bits per heavy atom. The normalized spacial score (nSPS) is 25.4. The van der Waals surface area contributed by atoms with E-state index in [-0.39, 0.29) is 6.09 Å². The second kappa shape index (κ2) is 6.21. The lowest BCUT2D eigenvalue weighted by molar-refractivity contribution is 0.0167. The molecule has 0 aromatic heterocycles. The summed E-state index contributed by atoms with van der Waals surface area (Å²) in [4.78, 5) is 11.5. The fourth-order valence-electron chi connectivity index (χ4n) is 1.90. The smallest absolute Gasteiger partial charge is 0.407 e. The standard InChI is InChI=1S/C12H24N2O3/c1-12(2,3)17-11(15)14-7-9-4-5-16-8-10(9)6-13/h9-10H,4-8,13H2,1-3H3,(H,14,15)/t9-,10-/m0/s1. The lowest BCUT2D eigenvalue weighted by Gasteiger charge is -2.31. The monoisotopic (exact) mass is 244 g/mol. The number of rotatable bonds is 3. The van der Waals surface area contributed by atoms with E-state index < -0.39 is 5.60 Å². The first-order valence-corrected chi connectivity index (χ1v) is 6.17. The quantitative estimate of drug-likeness (QED) is 0.780. The van der Waals surface area contributed by atoms with Gasteiger partial charge in [-0.05, 0) is 45.6 Å². The molecule has 0 spiro atoms. The zero-order chi connectivity index (χ0) is 12.9. The van der Waals surface area contributed by atoms with Gasteiger partial charge < -0.3 is 20.5 Å². The van der Waals surface area contributed by atoms with E-state index >= 15 is 0 Å². The van der Waals surface area contributed by atoms with Crippen molar-refractivity contribution < 1.29 is 14.3 Å². The summed E-state index contributed by atoms with van der Waals surface area (Å²) >= 11 is 0. The molecule has 0 aromatic carbocycles.